The summed E-state index contributed by atoms with van der Waals surface area (Å²) in [7, 11) is 0. The van der Waals surface area contributed by atoms with Crippen LogP contribution in [-0.2, 0) is 20.8 Å². The van der Waals surface area contributed by atoms with Gasteiger partial charge in [-0.15, -0.1) is 0 Å². The van der Waals surface area contributed by atoms with Gasteiger partial charge in [-0.05, 0) is 25.0 Å². The largest absolute Gasteiger partial charge is 0.492 e. The number of hydrogen-bond donors (Lipinski definition) is 1. The minimum atomic E-state index is -0.632. The van der Waals surface area contributed by atoms with E-state index in [1.807, 2.05) is 24.3 Å². The Morgan fingerprint density at radius 3 is 2.90 bits per heavy atom. The minimum Gasteiger partial charge on any atom is -0.492 e. The van der Waals surface area contributed by atoms with E-state index >= 15 is 0 Å². The predicted octanol–water partition coefficient (Wildman–Crippen LogP) is 0.111. The van der Waals surface area contributed by atoms with Crippen LogP contribution in [0.4, 0.5) is 0 Å². The van der Waals surface area contributed by atoms with Gasteiger partial charge in [-0.3, -0.25) is 19.7 Å². The second-order valence-electron chi connectivity index (χ2n) is 5.37. The normalized spacial score (nSPS) is 24.9. The highest BCUT2D eigenvalue weighted by molar-refractivity contribution is 6.04. The van der Waals surface area contributed by atoms with Gasteiger partial charge in [0.05, 0.1) is 5.92 Å². The molecule has 2 unspecified atom stereocenters. The first kappa shape index (κ1) is 13.6. The van der Waals surface area contributed by atoms with Crippen LogP contribution >= 0.6 is 0 Å². The first-order valence-electron chi connectivity index (χ1n) is 6.91. The first-order chi connectivity index (χ1) is 10.1. The molecule has 0 saturated carbocycles. The number of para-hydroxylation sites is 1. The fourth-order valence-electron chi connectivity index (χ4n) is 2.70. The number of nitrogens with one attached hydrogen (secondary N) is 1. The fourth-order valence-corrected chi connectivity index (χ4v) is 2.70. The van der Waals surface area contributed by atoms with E-state index in [0.717, 1.165) is 11.3 Å². The summed E-state index contributed by atoms with van der Waals surface area (Å²) in [4.78, 5) is 37.0. The molecule has 2 atom stereocenters. The summed E-state index contributed by atoms with van der Waals surface area (Å²) in [5, 5.41) is 2.23. The molecular formula is C15H16N2O4. The third-order valence-corrected chi connectivity index (χ3v) is 3.93. The Morgan fingerprint density at radius 1 is 1.33 bits per heavy atom. The van der Waals surface area contributed by atoms with Crippen molar-refractivity contribution in [2.45, 2.75) is 19.4 Å². The van der Waals surface area contributed by atoms with Crippen LogP contribution in [0.1, 0.15) is 12.5 Å². The van der Waals surface area contributed by atoms with Gasteiger partial charge in [0.25, 0.3) is 0 Å². The molecule has 110 valence electrons. The van der Waals surface area contributed by atoms with Gasteiger partial charge in [-0.25, -0.2) is 0 Å². The number of rotatable bonds is 1. The van der Waals surface area contributed by atoms with Gasteiger partial charge in [-0.1, -0.05) is 18.2 Å². The molecule has 3 amide bonds. The number of piperazine rings is 1. The maximum atomic E-state index is 12.6. The maximum Gasteiger partial charge on any atom is 0.249 e. The van der Waals surface area contributed by atoms with E-state index in [4.69, 9.17) is 4.74 Å². The molecule has 1 fully saturated rings. The van der Waals surface area contributed by atoms with Crippen molar-refractivity contribution in [1.29, 1.82) is 0 Å². The molecule has 21 heavy (non-hydrogen) atoms. The monoisotopic (exact) mass is 288 g/mol. The molecule has 6 heteroatoms. The van der Waals surface area contributed by atoms with Crippen molar-refractivity contribution in [2.75, 3.05) is 13.2 Å². The maximum absolute atomic E-state index is 12.6. The molecule has 0 aliphatic carbocycles. The summed E-state index contributed by atoms with van der Waals surface area (Å²) in [6.07, 6.45) is 0.564. The summed E-state index contributed by atoms with van der Waals surface area (Å²) in [6.45, 7) is 1.82. The molecule has 2 heterocycles. The van der Waals surface area contributed by atoms with Crippen molar-refractivity contribution >= 4 is 17.7 Å². The zero-order valence-electron chi connectivity index (χ0n) is 11.7. The van der Waals surface area contributed by atoms with Crippen molar-refractivity contribution in [3.05, 3.63) is 29.8 Å². The van der Waals surface area contributed by atoms with Crippen LogP contribution in [0.15, 0.2) is 24.3 Å². The summed E-state index contributed by atoms with van der Waals surface area (Å²) < 4.78 is 5.60. The number of benzene rings is 1. The van der Waals surface area contributed by atoms with E-state index in [1.165, 1.54) is 4.90 Å². The molecule has 6 nitrogen and oxygen atoms in total. The zero-order chi connectivity index (χ0) is 15.0. The number of carbonyl (C=O) groups is 3. The van der Waals surface area contributed by atoms with Crippen molar-refractivity contribution in [1.82, 2.24) is 10.2 Å². The van der Waals surface area contributed by atoms with Gasteiger partial charge in [-0.2, -0.15) is 0 Å². The number of nitrogens with zero attached hydrogens (tertiary/aromatic N) is 1. The molecule has 2 aliphatic rings. The van der Waals surface area contributed by atoms with Crippen LogP contribution in [0.3, 0.4) is 0 Å². The van der Waals surface area contributed by atoms with Crippen LogP contribution in [0.5, 0.6) is 5.75 Å². The fraction of sp³-hybridized carbons (Fsp3) is 0.400. The highest BCUT2D eigenvalue weighted by atomic mass is 16.5. The quantitative estimate of drug-likeness (QED) is 0.744. The van der Waals surface area contributed by atoms with Crippen LogP contribution in [-0.4, -0.2) is 41.8 Å². The lowest BCUT2D eigenvalue weighted by Crippen LogP contribution is -2.60. The van der Waals surface area contributed by atoms with Gasteiger partial charge in [0.1, 0.15) is 24.9 Å². The minimum absolute atomic E-state index is 0.0795. The average molecular weight is 288 g/mol. The Morgan fingerprint density at radius 2 is 2.10 bits per heavy atom. The van der Waals surface area contributed by atoms with Crippen molar-refractivity contribution < 1.29 is 19.1 Å². The molecule has 1 aromatic carbocycles. The van der Waals surface area contributed by atoms with Crippen LogP contribution in [0.25, 0.3) is 0 Å². The van der Waals surface area contributed by atoms with E-state index < -0.39 is 17.9 Å². The van der Waals surface area contributed by atoms with Gasteiger partial charge >= 0.3 is 0 Å². The van der Waals surface area contributed by atoms with Gasteiger partial charge in [0, 0.05) is 0 Å². The lowest BCUT2D eigenvalue weighted by atomic mass is 9.94. The van der Waals surface area contributed by atoms with Gasteiger partial charge in [0.15, 0.2) is 0 Å². The van der Waals surface area contributed by atoms with E-state index in [2.05, 4.69) is 5.32 Å². The first-order valence-corrected chi connectivity index (χ1v) is 6.91. The Bertz CT molecular complexity index is 613. The summed E-state index contributed by atoms with van der Waals surface area (Å²) in [5.41, 5.74) is 0.975. The van der Waals surface area contributed by atoms with E-state index in [1.54, 1.807) is 6.92 Å². The van der Waals surface area contributed by atoms with Crippen molar-refractivity contribution in [2.24, 2.45) is 5.92 Å². The lowest BCUT2D eigenvalue weighted by Gasteiger charge is -2.35. The second kappa shape index (κ2) is 5.20. The van der Waals surface area contributed by atoms with Crippen LogP contribution in [0, 0.1) is 5.92 Å². The number of hydrogen-bond acceptors (Lipinski definition) is 4. The number of carbonyl (C=O) groups excluding carboxylic acids is 3. The molecule has 0 bridgehead atoms. The van der Waals surface area contributed by atoms with Crippen molar-refractivity contribution in [3.63, 3.8) is 0 Å². The smallest absolute Gasteiger partial charge is 0.249 e. The van der Waals surface area contributed by atoms with E-state index in [0.29, 0.717) is 6.42 Å². The molecule has 2 aliphatic heterocycles. The second-order valence-corrected chi connectivity index (χ2v) is 5.37. The van der Waals surface area contributed by atoms with Crippen LogP contribution < -0.4 is 10.1 Å². The third kappa shape index (κ3) is 2.49. The number of ether oxygens (including phenoxy) is 1. The number of amides is 3. The number of fused-ring (bicyclic) bond motifs is 1. The molecule has 0 aromatic heterocycles. The Kier molecular flexibility index (Phi) is 3.37. The summed E-state index contributed by atoms with van der Waals surface area (Å²) in [6, 6.07) is 6.95. The number of imide groups is 1. The Labute approximate surface area is 122 Å². The topological polar surface area (TPSA) is 75.7 Å². The average Bonchev–Trinajstić information content (AvgIpc) is 2.49. The predicted molar refractivity (Wildman–Crippen MR) is 73.5 cm³/mol. The SMILES string of the molecule is CC1C(=O)NC(=O)CN1C(=O)C1COc2ccccc2C1. The third-order valence-electron chi connectivity index (χ3n) is 3.93. The van der Waals surface area contributed by atoms with E-state index in [-0.39, 0.29) is 25.0 Å². The molecule has 3 rings (SSSR count). The zero-order valence-corrected chi connectivity index (χ0v) is 11.7. The van der Waals surface area contributed by atoms with Gasteiger partial charge < -0.3 is 9.64 Å². The Hall–Kier alpha value is -2.37. The molecule has 0 radical (unpaired) electrons. The molecule has 0 spiro atoms. The van der Waals surface area contributed by atoms with Crippen LogP contribution in [0.2, 0.25) is 0 Å². The molecular weight excluding hydrogens is 272 g/mol. The molecule has 1 aromatic rings. The Balaban J connectivity index is 1.77. The highest BCUT2D eigenvalue weighted by Crippen LogP contribution is 2.28. The summed E-state index contributed by atoms with van der Waals surface area (Å²) in [5.74, 6) is -0.649. The standard InChI is InChI=1S/C15H16N2O4/c1-9-14(19)16-13(18)7-17(9)15(20)11-6-10-4-2-3-5-12(10)21-8-11/h2-5,9,11H,6-8H2,1H3,(H,16,18,19). The molecule has 1 saturated heterocycles. The van der Waals surface area contributed by atoms with Gasteiger partial charge in [0.2, 0.25) is 17.7 Å². The lowest BCUT2D eigenvalue weighted by molar-refractivity contribution is -0.152. The van der Waals surface area contributed by atoms with Crippen molar-refractivity contribution in [3.8, 4) is 5.75 Å². The van der Waals surface area contributed by atoms with E-state index in [9.17, 15) is 14.4 Å². The molecule has 1 N–H and O–H groups in total. The summed E-state index contributed by atoms with van der Waals surface area (Å²) >= 11 is 0. The highest BCUT2D eigenvalue weighted by Gasteiger charge is 2.38.